The molecule has 0 aromatic heterocycles. The van der Waals surface area contributed by atoms with Crippen molar-refractivity contribution in [3.05, 3.63) is 94.0 Å². The van der Waals surface area contributed by atoms with Gasteiger partial charge in [-0.1, -0.05) is 71.7 Å². The number of methoxy groups -OCH3 is 1. The zero-order valence-electron chi connectivity index (χ0n) is 19.0. The summed E-state index contributed by atoms with van der Waals surface area (Å²) in [4.78, 5) is 27.9. The van der Waals surface area contributed by atoms with Crippen LogP contribution < -0.4 is 14.8 Å². The first-order chi connectivity index (χ1) is 16.4. The summed E-state index contributed by atoms with van der Waals surface area (Å²) in [6.45, 7) is -0.262. The van der Waals surface area contributed by atoms with Gasteiger partial charge < -0.3 is 19.7 Å². The van der Waals surface area contributed by atoms with Crippen LogP contribution in [0.2, 0.25) is 10.0 Å². The Kier molecular flexibility index (Phi) is 9.19. The predicted molar refractivity (Wildman–Crippen MR) is 134 cm³/mol. The average molecular weight is 501 g/mol. The van der Waals surface area contributed by atoms with Crippen LogP contribution in [-0.4, -0.2) is 43.5 Å². The second-order valence-corrected chi connectivity index (χ2v) is 8.30. The number of carbonyl (C=O) groups excluding carboxylic acids is 2. The summed E-state index contributed by atoms with van der Waals surface area (Å²) in [7, 11) is 3.06. The van der Waals surface area contributed by atoms with Crippen LogP contribution in [0.4, 0.5) is 0 Å². The van der Waals surface area contributed by atoms with E-state index < -0.39 is 11.9 Å². The number of ether oxygens (including phenoxy) is 2. The number of nitrogens with one attached hydrogen (secondary N) is 1. The molecule has 0 radical (unpaired) electrons. The van der Waals surface area contributed by atoms with E-state index in [2.05, 4.69) is 5.32 Å². The van der Waals surface area contributed by atoms with E-state index in [1.165, 1.54) is 19.1 Å². The van der Waals surface area contributed by atoms with Crippen LogP contribution in [0.5, 0.6) is 11.5 Å². The van der Waals surface area contributed by atoms with Crippen LogP contribution in [-0.2, 0) is 22.6 Å². The highest BCUT2D eigenvalue weighted by Crippen LogP contribution is 2.28. The Balaban J connectivity index is 1.93. The van der Waals surface area contributed by atoms with Crippen molar-refractivity contribution < 1.29 is 19.1 Å². The third-order valence-electron chi connectivity index (χ3n) is 5.33. The van der Waals surface area contributed by atoms with E-state index in [1.54, 1.807) is 42.5 Å². The molecule has 178 valence electrons. The highest BCUT2D eigenvalue weighted by Gasteiger charge is 2.31. The summed E-state index contributed by atoms with van der Waals surface area (Å²) in [5.41, 5.74) is 1.46. The summed E-state index contributed by atoms with van der Waals surface area (Å²) in [5.74, 6) is 0.223. The first-order valence-corrected chi connectivity index (χ1v) is 11.4. The van der Waals surface area contributed by atoms with Crippen LogP contribution in [0.1, 0.15) is 11.1 Å². The molecule has 0 aliphatic carbocycles. The van der Waals surface area contributed by atoms with Gasteiger partial charge in [0, 0.05) is 35.6 Å². The maximum Gasteiger partial charge on any atom is 0.261 e. The summed E-state index contributed by atoms with van der Waals surface area (Å²) in [6.07, 6.45) is 0.309. The molecule has 2 amide bonds. The molecule has 0 heterocycles. The molecule has 0 bridgehead atoms. The minimum Gasteiger partial charge on any atom is -0.493 e. The lowest BCUT2D eigenvalue weighted by molar-refractivity contribution is -0.142. The molecule has 0 saturated carbocycles. The van der Waals surface area contributed by atoms with Crippen molar-refractivity contribution in [2.75, 3.05) is 20.8 Å². The number of para-hydroxylation sites is 2. The third-order valence-corrected chi connectivity index (χ3v) is 6.04. The number of benzene rings is 3. The number of amides is 2. The molecular formula is C26H26Cl2N2O4. The van der Waals surface area contributed by atoms with E-state index >= 15 is 0 Å². The summed E-state index contributed by atoms with van der Waals surface area (Å²) in [5, 5.41) is 3.49. The molecule has 0 aliphatic rings. The lowest BCUT2D eigenvalue weighted by Crippen LogP contribution is -2.51. The predicted octanol–water partition coefficient (Wildman–Crippen LogP) is 4.77. The van der Waals surface area contributed by atoms with Gasteiger partial charge in [-0.3, -0.25) is 9.59 Å². The van der Waals surface area contributed by atoms with Crippen LogP contribution in [0.25, 0.3) is 0 Å². The monoisotopic (exact) mass is 500 g/mol. The van der Waals surface area contributed by atoms with Gasteiger partial charge in [0.15, 0.2) is 18.1 Å². The lowest BCUT2D eigenvalue weighted by Gasteiger charge is -2.31. The fraction of sp³-hybridized carbons (Fsp3) is 0.231. The molecule has 3 rings (SSSR count). The minimum absolute atomic E-state index is 0.0392. The van der Waals surface area contributed by atoms with E-state index in [-0.39, 0.29) is 19.1 Å². The highest BCUT2D eigenvalue weighted by molar-refractivity contribution is 6.36. The summed E-state index contributed by atoms with van der Waals surface area (Å²) in [6, 6.07) is 20.8. The molecule has 3 aromatic carbocycles. The van der Waals surface area contributed by atoms with E-state index in [1.807, 2.05) is 30.3 Å². The zero-order valence-corrected chi connectivity index (χ0v) is 20.5. The van der Waals surface area contributed by atoms with Gasteiger partial charge in [-0.2, -0.15) is 0 Å². The molecule has 0 aliphatic heterocycles. The molecule has 6 nitrogen and oxygen atoms in total. The quantitative estimate of drug-likeness (QED) is 0.435. The molecule has 0 spiro atoms. The number of likely N-dealkylation sites (N-methyl/N-ethyl adjacent to an activating group) is 1. The van der Waals surface area contributed by atoms with Crippen molar-refractivity contribution in [3.63, 3.8) is 0 Å². The normalized spacial score (nSPS) is 11.4. The molecule has 8 heteroatoms. The summed E-state index contributed by atoms with van der Waals surface area (Å²) < 4.78 is 11.1. The van der Waals surface area contributed by atoms with Crippen molar-refractivity contribution in [1.82, 2.24) is 10.2 Å². The number of halogens is 2. The van der Waals surface area contributed by atoms with Crippen LogP contribution in [0, 0.1) is 0 Å². The van der Waals surface area contributed by atoms with E-state index in [9.17, 15) is 9.59 Å². The average Bonchev–Trinajstić information content (AvgIpc) is 2.86. The second-order valence-electron chi connectivity index (χ2n) is 7.48. The first-order valence-electron chi connectivity index (χ1n) is 10.7. The molecule has 1 N–H and O–H groups in total. The Labute approximate surface area is 209 Å². The Bertz CT molecular complexity index is 1100. The van der Waals surface area contributed by atoms with E-state index in [0.717, 1.165) is 5.56 Å². The van der Waals surface area contributed by atoms with Gasteiger partial charge in [0.25, 0.3) is 5.91 Å². The zero-order chi connectivity index (χ0) is 24.5. The maximum atomic E-state index is 13.5. The minimum atomic E-state index is -0.812. The lowest BCUT2D eigenvalue weighted by atomic mass is 10.0. The first kappa shape index (κ1) is 25.4. The Morgan fingerprint density at radius 2 is 1.53 bits per heavy atom. The highest BCUT2D eigenvalue weighted by atomic mass is 35.5. The fourth-order valence-electron chi connectivity index (χ4n) is 3.53. The van der Waals surface area contributed by atoms with Crippen molar-refractivity contribution >= 4 is 35.0 Å². The summed E-state index contributed by atoms with van der Waals surface area (Å²) >= 11 is 12.8. The van der Waals surface area contributed by atoms with Crippen molar-refractivity contribution in [3.8, 4) is 11.5 Å². The van der Waals surface area contributed by atoms with Gasteiger partial charge >= 0.3 is 0 Å². The molecule has 0 fully saturated rings. The van der Waals surface area contributed by atoms with Crippen molar-refractivity contribution in [2.24, 2.45) is 0 Å². The van der Waals surface area contributed by atoms with Gasteiger partial charge in [0.05, 0.1) is 7.11 Å². The standard InChI is InChI=1S/C26H26Cl2N2O4/c1-29-26(32)22(15-18-9-4-3-5-10-18)30(16-19-20(27)11-8-12-21(19)28)25(31)17-34-24-14-7-6-13-23(24)33-2/h3-14,22H,15-17H2,1-2H3,(H,29,32). The Hall–Kier alpha value is -3.22. The number of hydrogen-bond acceptors (Lipinski definition) is 4. The van der Waals surface area contributed by atoms with Crippen molar-refractivity contribution in [2.45, 2.75) is 19.0 Å². The number of hydrogen-bond donors (Lipinski definition) is 1. The Morgan fingerprint density at radius 3 is 2.15 bits per heavy atom. The van der Waals surface area contributed by atoms with Crippen LogP contribution in [0.3, 0.4) is 0 Å². The topological polar surface area (TPSA) is 67.9 Å². The Morgan fingerprint density at radius 1 is 0.912 bits per heavy atom. The smallest absolute Gasteiger partial charge is 0.261 e. The molecule has 1 atom stereocenters. The SMILES string of the molecule is CNC(=O)C(Cc1ccccc1)N(Cc1c(Cl)cccc1Cl)C(=O)COc1ccccc1OC. The molecular weight excluding hydrogens is 475 g/mol. The van der Waals surface area contributed by atoms with Crippen LogP contribution in [0.15, 0.2) is 72.8 Å². The van der Waals surface area contributed by atoms with Crippen LogP contribution >= 0.6 is 23.2 Å². The molecule has 0 saturated heterocycles. The van der Waals surface area contributed by atoms with Gasteiger partial charge in [-0.05, 0) is 29.8 Å². The largest absolute Gasteiger partial charge is 0.493 e. The number of nitrogens with zero attached hydrogens (tertiary/aromatic N) is 1. The van der Waals surface area contributed by atoms with E-state index in [0.29, 0.717) is 33.5 Å². The molecule has 34 heavy (non-hydrogen) atoms. The third kappa shape index (κ3) is 6.43. The maximum absolute atomic E-state index is 13.5. The van der Waals surface area contributed by atoms with Gasteiger partial charge in [-0.15, -0.1) is 0 Å². The fourth-order valence-corrected chi connectivity index (χ4v) is 4.05. The van der Waals surface area contributed by atoms with Gasteiger partial charge in [0.1, 0.15) is 6.04 Å². The second kappa shape index (κ2) is 12.3. The van der Waals surface area contributed by atoms with Gasteiger partial charge in [0.2, 0.25) is 5.91 Å². The van der Waals surface area contributed by atoms with Gasteiger partial charge in [-0.25, -0.2) is 0 Å². The number of rotatable bonds is 10. The molecule has 1 unspecified atom stereocenters. The molecule has 3 aromatic rings. The van der Waals surface area contributed by atoms with Crippen molar-refractivity contribution in [1.29, 1.82) is 0 Å². The van der Waals surface area contributed by atoms with E-state index in [4.69, 9.17) is 32.7 Å². The number of carbonyl (C=O) groups is 2.